The molecule has 1 aliphatic rings. The molecular formula is C19H23N5O3S. The van der Waals surface area contributed by atoms with Crippen LogP contribution in [0.5, 0.6) is 0 Å². The lowest BCUT2D eigenvalue weighted by Crippen LogP contribution is -2.46. The van der Waals surface area contributed by atoms with Crippen molar-refractivity contribution in [3.63, 3.8) is 0 Å². The number of thioether (sulfide) groups is 1. The summed E-state index contributed by atoms with van der Waals surface area (Å²) in [4.78, 5) is 29.3. The maximum atomic E-state index is 12.8. The molecule has 8 nitrogen and oxygen atoms in total. The Morgan fingerprint density at radius 1 is 1.36 bits per heavy atom. The summed E-state index contributed by atoms with van der Waals surface area (Å²) < 4.78 is 6.93. The van der Waals surface area contributed by atoms with Crippen molar-refractivity contribution in [1.29, 1.82) is 0 Å². The summed E-state index contributed by atoms with van der Waals surface area (Å²) in [6.07, 6.45) is 1.46. The van der Waals surface area contributed by atoms with Gasteiger partial charge in [-0.25, -0.2) is 19.3 Å². The van der Waals surface area contributed by atoms with Crippen LogP contribution < -0.4 is 10.6 Å². The molecule has 0 bridgehead atoms. The van der Waals surface area contributed by atoms with Crippen LogP contribution in [0.15, 0.2) is 41.0 Å². The number of ether oxygens (including phenoxy) is 1. The topological polar surface area (TPSA) is 98.1 Å². The zero-order valence-corrected chi connectivity index (χ0v) is 17.1. The number of nitrogens with zero attached hydrogens (tertiary/aromatic N) is 3. The Morgan fingerprint density at radius 3 is 2.79 bits per heavy atom. The molecule has 1 aromatic heterocycles. The molecule has 1 aromatic carbocycles. The Labute approximate surface area is 167 Å². The van der Waals surface area contributed by atoms with Gasteiger partial charge in [-0.3, -0.25) is 0 Å². The Balaban J connectivity index is 2.02. The maximum absolute atomic E-state index is 12.8. The van der Waals surface area contributed by atoms with Crippen LogP contribution in [0.4, 0.5) is 4.79 Å². The Kier molecular flexibility index (Phi) is 6.03. The molecule has 2 N–H and O–H groups in total. The number of nitrogens with one attached hydrogen (secondary N) is 2. The molecule has 0 aliphatic carbocycles. The van der Waals surface area contributed by atoms with Crippen molar-refractivity contribution in [3.05, 3.63) is 52.5 Å². The van der Waals surface area contributed by atoms with Crippen molar-refractivity contribution in [2.75, 3.05) is 12.4 Å². The summed E-state index contributed by atoms with van der Waals surface area (Å²) in [5, 5.41) is 10.4. The van der Waals surface area contributed by atoms with E-state index in [1.165, 1.54) is 18.1 Å². The highest BCUT2D eigenvalue weighted by Crippen LogP contribution is 2.32. The number of hydrogen-bond acceptors (Lipinski definition) is 6. The van der Waals surface area contributed by atoms with Gasteiger partial charge >= 0.3 is 12.0 Å². The van der Waals surface area contributed by atoms with Gasteiger partial charge in [-0.1, -0.05) is 35.5 Å². The first kappa shape index (κ1) is 19.9. The van der Waals surface area contributed by atoms with E-state index in [-0.39, 0.29) is 12.6 Å². The minimum atomic E-state index is -0.580. The molecule has 1 aliphatic heterocycles. The first-order chi connectivity index (χ1) is 13.4. The van der Waals surface area contributed by atoms with Gasteiger partial charge in [0.05, 0.1) is 18.2 Å². The van der Waals surface area contributed by atoms with Gasteiger partial charge in [0, 0.05) is 18.5 Å². The number of aryl methyl sites for hydroxylation is 3. The Hall–Kier alpha value is -2.81. The molecule has 2 aromatic rings. The maximum Gasteiger partial charge on any atom is 0.338 e. The number of hydrogen-bond donors (Lipinski definition) is 2. The summed E-state index contributed by atoms with van der Waals surface area (Å²) >= 11 is 1.39. The summed E-state index contributed by atoms with van der Waals surface area (Å²) in [7, 11) is 1.79. The average Bonchev–Trinajstić information content (AvgIpc) is 3.04. The van der Waals surface area contributed by atoms with Gasteiger partial charge < -0.3 is 15.4 Å². The van der Waals surface area contributed by atoms with Crippen LogP contribution in [-0.4, -0.2) is 39.1 Å². The molecule has 0 fully saturated rings. The van der Waals surface area contributed by atoms with E-state index in [4.69, 9.17) is 4.74 Å². The van der Waals surface area contributed by atoms with Crippen LogP contribution in [0.3, 0.4) is 0 Å². The molecule has 0 radical (unpaired) electrons. The second kappa shape index (κ2) is 8.47. The zero-order chi connectivity index (χ0) is 20.3. The molecule has 1 atom stereocenters. The molecular weight excluding hydrogens is 378 g/mol. The summed E-state index contributed by atoms with van der Waals surface area (Å²) in [5.74, 6) is -0.0938. The minimum Gasteiger partial charge on any atom is -0.463 e. The number of rotatable bonds is 6. The lowest BCUT2D eigenvalue weighted by molar-refractivity contribution is -0.139. The van der Waals surface area contributed by atoms with E-state index in [2.05, 4.69) is 20.7 Å². The predicted molar refractivity (Wildman–Crippen MR) is 106 cm³/mol. The summed E-state index contributed by atoms with van der Waals surface area (Å²) in [6.45, 7) is 5.98. The molecule has 0 spiro atoms. The number of esters is 1. The van der Waals surface area contributed by atoms with Crippen molar-refractivity contribution >= 4 is 23.8 Å². The van der Waals surface area contributed by atoms with Crippen LogP contribution in [-0.2, 0) is 16.6 Å². The molecule has 3 rings (SSSR count). The van der Waals surface area contributed by atoms with Crippen LogP contribution in [0.1, 0.15) is 29.7 Å². The van der Waals surface area contributed by atoms with Crippen molar-refractivity contribution < 1.29 is 14.3 Å². The number of amides is 2. The Morgan fingerprint density at radius 2 is 2.14 bits per heavy atom. The number of carbonyl (C=O) groups is 2. The van der Waals surface area contributed by atoms with Gasteiger partial charge in [0.15, 0.2) is 5.16 Å². The third kappa shape index (κ3) is 4.19. The van der Waals surface area contributed by atoms with E-state index >= 15 is 0 Å². The second-order valence-corrected chi connectivity index (χ2v) is 7.40. The number of carbonyl (C=O) groups excluding carboxylic acids is 2. The van der Waals surface area contributed by atoms with E-state index in [0.717, 1.165) is 16.7 Å². The first-order valence-electron chi connectivity index (χ1n) is 8.92. The molecule has 0 saturated heterocycles. The van der Waals surface area contributed by atoms with Crippen molar-refractivity contribution in [3.8, 4) is 0 Å². The van der Waals surface area contributed by atoms with E-state index in [1.54, 1.807) is 18.7 Å². The quantitative estimate of drug-likeness (QED) is 0.570. The van der Waals surface area contributed by atoms with Gasteiger partial charge in [-0.15, -0.1) is 0 Å². The van der Waals surface area contributed by atoms with E-state index < -0.39 is 12.0 Å². The fourth-order valence-corrected chi connectivity index (χ4v) is 3.97. The Bertz CT molecular complexity index is 937. The third-order valence-corrected chi connectivity index (χ3v) is 5.46. The predicted octanol–water partition coefficient (Wildman–Crippen LogP) is 2.40. The van der Waals surface area contributed by atoms with Crippen molar-refractivity contribution in [1.82, 2.24) is 25.4 Å². The van der Waals surface area contributed by atoms with E-state index in [0.29, 0.717) is 22.2 Å². The minimum absolute atomic E-state index is 0.250. The molecule has 0 unspecified atom stereocenters. The standard InChI is InChI=1S/C19H23N5O3S/c1-5-27-17(25)15-14(9-28-19-20-10-21-24(19)4)22-18(26)23-16(15)13-7-6-11(2)8-12(13)3/h6-8,10,16H,5,9H2,1-4H3,(H2,22,23,26)/t16-/m0/s1. The molecule has 148 valence electrons. The van der Waals surface area contributed by atoms with Gasteiger partial charge in [-0.2, -0.15) is 5.10 Å². The third-order valence-electron chi connectivity index (χ3n) is 4.40. The normalized spacial score (nSPS) is 16.6. The van der Waals surface area contributed by atoms with Crippen LogP contribution in [0.25, 0.3) is 0 Å². The number of urea groups is 1. The highest BCUT2D eigenvalue weighted by atomic mass is 32.2. The molecule has 0 saturated carbocycles. The largest absolute Gasteiger partial charge is 0.463 e. The summed E-state index contributed by atoms with van der Waals surface area (Å²) in [5.41, 5.74) is 3.89. The molecule has 2 amide bonds. The number of aromatic nitrogens is 3. The van der Waals surface area contributed by atoms with E-state index in [9.17, 15) is 9.59 Å². The monoisotopic (exact) mass is 401 g/mol. The van der Waals surface area contributed by atoms with Crippen LogP contribution >= 0.6 is 11.8 Å². The average molecular weight is 401 g/mol. The highest BCUT2D eigenvalue weighted by molar-refractivity contribution is 7.99. The highest BCUT2D eigenvalue weighted by Gasteiger charge is 2.34. The van der Waals surface area contributed by atoms with Gasteiger partial charge in [0.1, 0.15) is 6.33 Å². The molecule has 28 heavy (non-hydrogen) atoms. The fraction of sp³-hybridized carbons (Fsp3) is 0.368. The van der Waals surface area contributed by atoms with Crippen molar-refractivity contribution in [2.45, 2.75) is 32.0 Å². The van der Waals surface area contributed by atoms with Gasteiger partial charge in [0.25, 0.3) is 0 Å². The number of benzene rings is 1. The van der Waals surface area contributed by atoms with Crippen molar-refractivity contribution in [2.24, 2.45) is 7.05 Å². The fourth-order valence-electron chi connectivity index (χ4n) is 3.12. The smallest absolute Gasteiger partial charge is 0.338 e. The van der Waals surface area contributed by atoms with Gasteiger partial charge in [0.2, 0.25) is 0 Å². The van der Waals surface area contributed by atoms with E-state index in [1.807, 2.05) is 32.0 Å². The SMILES string of the molecule is CCOC(=O)C1=C(CSc2ncnn2C)NC(=O)N[C@H]1c1ccc(C)cc1C. The molecule has 9 heteroatoms. The van der Waals surface area contributed by atoms with Crippen LogP contribution in [0.2, 0.25) is 0 Å². The molecule has 2 heterocycles. The van der Waals surface area contributed by atoms with Gasteiger partial charge in [-0.05, 0) is 31.9 Å². The van der Waals surface area contributed by atoms with Crippen LogP contribution in [0, 0.1) is 13.8 Å². The first-order valence-corrected chi connectivity index (χ1v) is 9.90. The lowest BCUT2D eigenvalue weighted by atomic mass is 9.91. The lowest BCUT2D eigenvalue weighted by Gasteiger charge is -2.30. The zero-order valence-electron chi connectivity index (χ0n) is 16.3. The second-order valence-electron chi connectivity index (χ2n) is 6.46. The summed E-state index contributed by atoms with van der Waals surface area (Å²) in [6, 6.07) is 5.00.